The zero-order valence-electron chi connectivity index (χ0n) is 44.8. The van der Waals surface area contributed by atoms with Crippen molar-refractivity contribution in [1.29, 1.82) is 0 Å². The molecular formula is C60H66Cl2FN11O6. The standard InChI is InChI=1S/C60H66Cl2FN11O6/c1-38(63)57(77)73-27-26-72(35-46(73)33-64-2)55-48-22-25-71(51-17-10-14-41-13-9-16-49(62)54(41)51)36-50(48)67-60(69-55)80-37-45-15-11-24-70(45)23-8-6-4-3-5-7-12-39-29-43(61)31-44(30-39)66-59(79)65-32-40-18-19-47-42(28-40)34-74(58(47)78)52-20-21-53(75)68-56(52)76/h9-10,13-14,16-19,28-31,45-46,52H,1,3-8,11-12,15,20-27,32-37H2,(H2,65,66,79)(H,68,75,76)/t45-,46-,52?/m0/s1. The number of nitrogens with zero attached hydrogens (tertiary/aromatic N) is 8. The van der Waals surface area contributed by atoms with Crippen LogP contribution in [0, 0.1) is 6.57 Å². The van der Waals surface area contributed by atoms with E-state index < -0.39 is 29.7 Å². The van der Waals surface area contributed by atoms with Crippen molar-refractivity contribution in [3.63, 3.8) is 0 Å². The zero-order chi connectivity index (χ0) is 55.9. The summed E-state index contributed by atoms with van der Waals surface area (Å²) in [5.74, 6) is -2.11. The van der Waals surface area contributed by atoms with Crippen LogP contribution in [0.15, 0.2) is 85.2 Å². The molecule has 80 heavy (non-hydrogen) atoms. The third kappa shape index (κ3) is 13.0. The SMILES string of the molecule is [C-]#[N+]C[C@H]1CN(c2nc(OC[C@@H]3CCCN3CCCCCCCCc3cc(Cl)cc(NC(=O)NCc4ccc5c(c4)CN(C4CCC(=O)NC4=O)C5=O)c3)nc3c2CCN(c2cccc4cccc(Cl)c24)C3)CCN1C(=O)C(=C)F. The highest BCUT2D eigenvalue weighted by molar-refractivity contribution is 6.36. The van der Waals surface area contributed by atoms with Crippen LogP contribution in [0.1, 0.15) is 103 Å². The summed E-state index contributed by atoms with van der Waals surface area (Å²) in [7, 11) is 0. The molecule has 3 N–H and O–H groups in total. The van der Waals surface area contributed by atoms with Crippen LogP contribution in [-0.4, -0.2) is 125 Å². The van der Waals surface area contributed by atoms with Crippen molar-refractivity contribution in [3.05, 3.63) is 140 Å². The third-order valence-corrected chi connectivity index (χ3v) is 16.6. The van der Waals surface area contributed by atoms with Crippen LogP contribution in [0.5, 0.6) is 6.01 Å². The number of likely N-dealkylation sites (tertiary alicyclic amines) is 1. The number of piperazine rings is 1. The van der Waals surface area contributed by atoms with E-state index >= 15 is 0 Å². The Labute approximate surface area is 475 Å². The van der Waals surface area contributed by atoms with Crippen molar-refractivity contribution in [2.75, 3.05) is 67.5 Å². The van der Waals surface area contributed by atoms with Crippen molar-refractivity contribution < 1.29 is 33.1 Å². The Hall–Kier alpha value is -7.33. The minimum absolute atomic E-state index is 0.0284. The minimum Gasteiger partial charge on any atom is -0.462 e. The molecule has 4 aromatic carbocycles. The number of piperidine rings is 1. The summed E-state index contributed by atoms with van der Waals surface area (Å²) in [6, 6.07) is 22.0. The molecule has 0 radical (unpaired) electrons. The fourth-order valence-electron chi connectivity index (χ4n) is 12.1. The molecule has 3 saturated heterocycles. The van der Waals surface area contributed by atoms with E-state index in [0.29, 0.717) is 72.9 Å². The topological polar surface area (TPSA) is 177 Å². The Morgan fingerprint density at radius 2 is 1.68 bits per heavy atom. The molecule has 1 unspecified atom stereocenters. The molecule has 0 saturated carbocycles. The van der Waals surface area contributed by atoms with Gasteiger partial charge >= 0.3 is 12.0 Å². The second-order valence-electron chi connectivity index (χ2n) is 21.4. The van der Waals surface area contributed by atoms with E-state index in [0.717, 1.165) is 121 Å². The van der Waals surface area contributed by atoms with Gasteiger partial charge in [0.1, 0.15) is 24.5 Å². The Balaban J connectivity index is 0.680. The molecule has 5 aliphatic rings. The van der Waals surface area contributed by atoms with Crippen LogP contribution in [0.2, 0.25) is 10.0 Å². The number of hydrogen-bond donors (Lipinski definition) is 3. The number of aryl methyl sites for hydroxylation is 1. The molecular weight excluding hydrogens is 1060 g/mol. The Bertz CT molecular complexity index is 3240. The molecule has 5 aliphatic heterocycles. The van der Waals surface area contributed by atoms with Crippen molar-refractivity contribution in [3.8, 4) is 6.01 Å². The Morgan fingerprint density at radius 3 is 2.49 bits per heavy atom. The number of nitrogens with one attached hydrogen (secondary N) is 3. The van der Waals surface area contributed by atoms with E-state index in [1.807, 2.05) is 36.4 Å². The molecule has 418 valence electrons. The van der Waals surface area contributed by atoms with Gasteiger partial charge in [-0.2, -0.15) is 9.97 Å². The number of halogens is 3. The van der Waals surface area contributed by atoms with E-state index in [2.05, 4.69) is 60.3 Å². The predicted octanol–water partition coefficient (Wildman–Crippen LogP) is 9.43. The van der Waals surface area contributed by atoms with Crippen LogP contribution in [0.4, 0.5) is 26.4 Å². The van der Waals surface area contributed by atoms with Crippen LogP contribution in [0.25, 0.3) is 15.6 Å². The van der Waals surface area contributed by atoms with E-state index in [-0.39, 0.29) is 56.5 Å². The number of aromatic nitrogens is 2. The number of urea groups is 1. The maximum atomic E-state index is 14.1. The summed E-state index contributed by atoms with van der Waals surface area (Å²) < 4.78 is 20.7. The molecule has 3 fully saturated rings. The lowest BCUT2D eigenvalue weighted by atomic mass is 10.0. The average Bonchev–Trinajstić information content (AvgIpc) is 4.12. The molecule has 5 aromatic rings. The molecule has 10 rings (SSSR count). The molecule has 1 aromatic heterocycles. The van der Waals surface area contributed by atoms with Crippen molar-refractivity contribution >= 4 is 80.8 Å². The highest BCUT2D eigenvalue weighted by Crippen LogP contribution is 2.38. The number of imide groups is 1. The number of amides is 6. The third-order valence-electron chi connectivity index (χ3n) is 16.1. The maximum Gasteiger partial charge on any atom is 0.319 e. The van der Waals surface area contributed by atoms with Gasteiger partial charge in [0.15, 0.2) is 5.83 Å². The second-order valence-corrected chi connectivity index (χ2v) is 22.3. The van der Waals surface area contributed by atoms with Crippen LogP contribution in [0.3, 0.4) is 0 Å². The number of unbranched alkanes of at least 4 members (excludes halogenated alkanes) is 5. The number of fused-ring (bicyclic) bond motifs is 3. The smallest absolute Gasteiger partial charge is 0.319 e. The molecule has 17 nitrogen and oxygen atoms in total. The lowest BCUT2D eigenvalue weighted by Crippen LogP contribution is -2.57. The highest BCUT2D eigenvalue weighted by Gasteiger charge is 2.40. The fraction of sp³-hybridized carbons (Fsp3) is 0.433. The summed E-state index contributed by atoms with van der Waals surface area (Å²) in [5.41, 5.74) is 6.63. The van der Waals surface area contributed by atoms with Crippen molar-refractivity contribution in [1.82, 2.24) is 35.3 Å². The van der Waals surface area contributed by atoms with Gasteiger partial charge in [0.2, 0.25) is 18.4 Å². The number of carbonyl (C=O) groups excluding carboxylic acids is 5. The van der Waals surface area contributed by atoms with E-state index in [9.17, 15) is 28.4 Å². The summed E-state index contributed by atoms with van der Waals surface area (Å²) in [4.78, 5) is 86.5. The largest absolute Gasteiger partial charge is 0.462 e. The molecule has 6 amide bonds. The monoisotopic (exact) mass is 1130 g/mol. The van der Waals surface area contributed by atoms with Crippen LogP contribution >= 0.6 is 23.2 Å². The molecule has 20 heteroatoms. The maximum absolute atomic E-state index is 14.1. The van der Waals surface area contributed by atoms with Gasteiger partial charge in [-0.05, 0) is 117 Å². The first kappa shape index (κ1) is 56.0. The molecule has 6 heterocycles. The number of hydrogen-bond acceptors (Lipinski definition) is 11. The van der Waals surface area contributed by atoms with Gasteiger partial charge in [0, 0.05) is 84.6 Å². The summed E-state index contributed by atoms with van der Waals surface area (Å²) in [5, 5.41) is 11.4. The zero-order valence-corrected chi connectivity index (χ0v) is 46.3. The summed E-state index contributed by atoms with van der Waals surface area (Å²) in [6.45, 7) is 16.0. The first-order chi connectivity index (χ1) is 38.8. The number of benzene rings is 4. The van der Waals surface area contributed by atoms with E-state index in [1.54, 1.807) is 18.2 Å². The first-order valence-electron chi connectivity index (χ1n) is 27.8. The molecule has 3 atom stereocenters. The van der Waals surface area contributed by atoms with Gasteiger partial charge in [-0.25, -0.2) is 15.8 Å². The van der Waals surface area contributed by atoms with Gasteiger partial charge in [-0.15, -0.1) is 0 Å². The fourth-order valence-corrected chi connectivity index (χ4v) is 12.6. The molecule has 0 aliphatic carbocycles. The minimum atomic E-state index is -1.03. The Kier molecular flexibility index (Phi) is 17.8. The second kappa shape index (κ2) is 25.4. The predicted molar refractivity (Wildman–Crippen MR) is 306 cm³/mol. The normalized spacial score (nSPS) is 19.2. The number of carbonyl (C=O) groups is 5. The number of anilines is 3. The van der Waals surface area contributed by atoms with Crippen molar-refractivity contribution in [2.24, 2.45) is 0 Å². The van der Waals surface area contributed by atoms with Gasteiger partial charge in [-0.1, -0.05) is 91.9 Å². The number of rotatable bonds is 20. The molecule has 0 spiro atoms. The molecule has 0 bridgehead atoms. The first-order valence-corrected chi connectivity index (χ1v) is 28.6. The lowest BCUT2D eigenvalue weighted by molar-refractivity contribution is -0.137. The van der Waals surface area contributed by atoms with E-state index in [1.165, 1.54) is 9.80 Å². The average molecular weight is 1130 g/mol. The lowest BCUT2D eigenvalue weighted by Gasteiger charge is -2.41. The van der Waals surface area contributed by atoms with Crippen LogP contribution in [-0.2, 0) is 46.9 Å². The number of ether oxygens (including phenoxy) is 1. The quantitative estimate of drug-likeness (QED) is 0.0293. The summed E-state index contributed by atoms with van der Waals surface area (Å²) in [6.07, 6.45) is 10.6. The summed E-state index contributed by atoms with van der Waals surface area (Å²) >= 11 is 13.3. The van der Waals surface area contributed by atoms with Gasteiger partial charge in [0.05, 0.1) is 17.3 Å². The highest BCUT2D eigenvalue weighted by atomic mass is 35.5. The van der Waals surface area contributed by atoms with Gasteiger partial charge in [-0.3, -0.25) is 29.4 Å². The van der Waals surface area contributed by atoms with E-state index in [4.69, 9.17) is 44.5 Å². The van der Waals surface area contributed by atoms with Gasteiger partial charge in [0.25, 0.3) is 11.8 Å². The Morgan fingerprint density at radius 1 is 0.863 bits per heavy atom. The van der Waals surface area contributed by atoms with Crippen LogP contribution < -0.4 is 30.5 Å². The van der Waals surface area contributed by atoms with Gasteiger partial charge < -0.3 is 39.8 Å². The van der Waals surface area contributed by atoms with Crippen molar-refractivity contribution in [2.45, 2.75) is 115 Å².